The van der Waals surface area contributed by atoms with Gasteiger partial charge in [0, 0.05) is 29.9 Å². The number of aryl methyl sites for hydroxylation is 1. The lowest BCUT2D eigenvalue weighted by molar-refractivity contribution is 0.151. The molecule has 0 aliphatic rings. The number of hydrogen-bond donors (Lipinski definition) is 2. The van der Waals surface area contributed by atoms with Crippen LogP contribution in [0, 0.1) is 6.92 Å². The fraction of sp³-hybridized carbons (Fsp3) is 0.357. The Morgan fingerprint density at radius 1 is 1.28 bits per heavy atom. The summed E-state index contributed by atoms with van der Waals surface area (Å²) < 4.78 is 5.34. The molecular weight excluding hydrogens is 226 g/mol. The van der Waals surface area contributed by atoms with E-state index in [0.29, 0.717) is 19.8 Å². The first-order valence-corrected chi connectivity index (χ1v) is 6.19. The van der Waals surface area contributed by atoms with E-state index in [2.05, 4.69) is 22.4 Å². The van der Waals surface area contributed by atoms with Gasteiger partial charge in [-0.1, -0.05) is 18.2 Å². The van der Waals surface area contributed by atoms with E-state index in [1.165, 1.54) is 0 Å². The lowest BCUT2D eigenvalue weighted by atomic mass is 10.1. The number of rotatable bonds is 6. The smallest absolute Gasteiger partial charge is 0.0725 e. The predicted molar refractivity (Wildman–Crippen MR) is 74.8 cm³/mol. The van der Waals surface area contributed by atoms with Crippen molar-refractivity contribution >= 4 is 16.6 Å². The number of fused-ring (bicyclic) bond motifs is 1. The van der Waals surface area contributed by atoms with Crippen molar-refractivity contribution in [2.75, 3.05) is 31.6 Å². The molecule has 0 aliphatic carbocycles. The van der Waals surface area contributed by atoms with Gasteiger partial charge in [-0.25, -0.2) is 0 Å². The van der Waals surface area contributed by atoms with Crippen LogP contribution in [-0.4, -0.2) is 31.3 Å². The standard InChI is InChI=1S/C14H19N3O/c1-11-10-14(16-7-9-18-8-6-15)12-4-2-3-5-13(12)17-11/h2-5,10H,6-9,15H2,1H3,(H,16,17). The molecule has 0 unspecified atom stereocenters. The molecular formula is C14H19N3O. The number of nitrogens with two attached hydrogens (primary N) is 1. The van der Waals surface area contributed by atoms with Gasteiger partial charge in [-0.05, 0) is 19.1 Å². The minimum absolute atomic E-state index is 0.567. The van der Waals surface area contributed by atoms with Crippen LogP contribution in [0.15, 0.2) is 30.3 Å². The molecule has 4 nitrogen and oxygen atoms in total. The summed E-state index contributed by atoms with van der Waals surface area (Å²) in [6, 6.07) is 10.2. The highest BCUT2D eigenvalue weighted by molar-refractivity contribution is 5.91. The zero-order valence-corrected chi connectivity index (χ0v) is 10.6. The summed E-state index contributed by atoms with van der Waals surface area (Å²) >= 11 is 0. The van der Waals surface area contributed by atoms with E-state index in [1.807, 2.05) is 25.1 Å². The maximum atomic E-state index is 5.36. The molecule has 1 heterocycles. The quantitative estimate of drug-likeness (QED) is 0.763. The first kappa shape index (κ1) is 12.8. The van der Waals surface area contributed by atoms with Crippen LogP contribution in [0.4, 0.5) is 5.69 Å². The van der Waals surface area contributed by atoms with Crippen LogP contribution in [0.3, 0.4) is 0 Å². The average Bonchev–Trinajstić information content (AvgIpc) is 2.38. The Balaban J connectivity index is 2.07. The van der Waals surface area contributed by atoms with Gasteiger partial charge in [0.1, 0.15) is 0 Å². The van der Waals surface area contributed by atoms with Gasteiger partial charge in [0.05, 0.1) is 18.7 Å². The first-order chi connectivity index (χ1) is 8.81. The fourth-order valence-electron chi connectivity index (χ4n) is 1.90. The van der Waals surface area contributed by atoms with Gasteiger partial charge in [-0.2, -0.15) is 0 Å². The van der Waals surface area contributed by atoms with Crippen LogP contribution in [0.5, 0.6) is 0 Å². The van der Waals surface area contributed by atoms with E-state index in [-0.39, 0.29) is 0 Å². The molecule has 0 saturated carbocycles. The number of benzene rings is 1. The molecule has 3 N–H and O–H groups in total. The van der Waals surface area contributed by atoms with Crippen LogP contribution >= 0.6 is 0 Å². The average molecular weight is 245 g/mol. The van der Waals surface area contributed by atoms with Crippen LogP contribution in [-0.2, 0) is 4.74 Å². The number of nitrogens with one attached hydrogen (secondary N) is 1. The number of nitrogens with zero attached hydrogens (tertiary/aromatic N) is 1. The van der Waals surface area contributed by atoms with E-state index in [4.69, 9.17) is 10.5 Å². The molecule has 0 radical (unpaired) electrons. The zero-order valence-electron chi connectivity index (χ0n) is 10.6. The number of anilines is 1. The Hall–Kier alpha value is -1.65. The number of aromatic nitrogens is 1. The molecule has 0 saturated heterocycles. The number of pyridine rings is 1. The lowest BCUT2D eigenvalue weighted by Gasteiger charge is -2.10. The molecule has 1 aromatic heterocycles. The number of para-hydroxylation sites is 1. The van der Waals surface area contributed by atoms with E-state index >= 15 is 0 Å². The summed E-state index contributed by atoms with van der Waals surface area (Å²) in [5, 5.41) is 4.52. The fourth-order valence-corrected chi connectivity index (χ4v) is 1.90. The minimum Gasteiger partial charge on any atom is -0.382 e. The van der Waals surface area contributed by atoms with Crippen molar-refractivity contribution in [3.8, 4) is 0 Å². The molecule has 0 amide bonds. The van der Waals surface area contributed by atoms with Crippen molar-refractivity contribution in [2.45, 2.75) is 6.92 Å². The Labute approximate surface area is 107 Å². The highest BCUT2D eigenvalue weighted by Crippen LogP contribution is 2.22. The van der Waals surface area contributed by atoms with Crippen molar-refractivity contribution in [3.63, 3.8) is 0 Å². The first-order valence-electron chi connectivity index (χ1n) is 6.19. The molecule has 0 spiro atoms. The predicted octanol–water partition coefficient (Wildman–Crippen LogP) is 1.93. The molecule has 0 fully saturated rings. The van der Waals surface area contributed by atoms with Gasteiger partial charge < -0.3 is 15.8 Å². The van der Waals surface area contributed by atoms with Crippen molar-refractivity contribution in [2.24, 2.45) is 5.73 Å². The summed E-state index contributed by atoms with van der Waals surface area (Å²) in [5.41, 5.74) is 8.50. The van der Waals surface area contributed by atoms with Gasteiger partial charge in [0.2, 0.25) is 0 Å². The molecule has 0 atom stereocenters. The number of ether oxygens (including phenoxy) is 1. The second-order valence-corrected chi connectivity index (χ2v) is 4.16. The molecule has 18 heavy (non-hydrogen) atoms. The van der Waals surface area contributed by atoms with Gasteiger partial charge >= 0.3 is 0 Å². The highest BCUT2D eigenvalue weighted by Gasteiger charge is 2.02. The largest absolute Gasteiger partial charge is 0.382 e. The minimum atomic E-state index is 0.567. The lowest BCUT2D eigenvalue weighted by Crippen LogP contribution is -2.14. The number of hydrogen-bond acceptors (Lipinski definition) is 4. The van der Waals surface area contributed by atoms with Crippen molar-refractivity contribution in [1.29, 1.82) is 0 Å². The van der Waals surface area contributed by atoms with Crippen LogP contribution in [0.1, 0.15) is 5.69 Å². The van der Waals surface area contributed by atoms with Crippen molar-refractivity contribution in [3.05, 3.63) is 36.0 Å². The molecule has 0 aliphatic heterocycles. The third kappa shape index (κ3) is 3.18. The van der Waals surface area contributed by atoms with Gasteiger partial charge in [-0.15, -0.1) is 0 Å². The molecule has 1 aromatic carbocycles. The van der Waals surface area contributed by atoms with Crippen LogP contribution in [0.2, 0.25) is 0 Å². The summed E-state index contributed by atoms with van der Waals surface area (Å²) in [6.45, 7) is 4.61. The van der Waals surface area contributed by atoms with Crippen molar-refractivity contribution in [1.82, 2.24) is 4.98 Å². The Kier molecular flexibility index (Phi) is 4.50. The molecule has 96 valence electrons. The van der Waals surface area contributed by atoms with Crippen LogP contribution < -0.4 is 11.1 Å². The van der Waals surface area contributed by atoms with E-state index in [0.717, 1.165) is 28.8 Å². The van der Waals surface area contributed by atoms with Gasteiger partial charge in [-0.3, -0.25) is 4.98 Å². The summed E-state index contributed by atoms with van der Waals surface area (Å²) in [5.74, 6) is 0. The Bertz CT molecular complexity index is 513. The zero-order chi connectivity index (χ0) is 12.8. The molecule has 2 aromatic rings. The maximum absolute atomic E-state index is 5.36. The summed E-state index contributed by atoms with van der Waals surface area (Å²) in [6.07, 6.45) is 0. The SMILES string of the molecule is Cc1cc(NCCOCCN)c2ccccc2n1. The second kappa shape index (κ2) is 6.33. The Morgan fingerprint density at radius 3 is 2.94 bits per heavy atom. The third-order valence-electron chi connectivity index (χ3n) is 2.67. The monoisotopic (exact) mass is 245 g/mol. The summed E-state index contributed by atoms with van der Waals surface area (Å²) in [7, 11) is 0. The van der Waals surface area contributed by atoms with E-state index in [9.17, 15) is 0 Å². The highest BCUT2D eigenvalue weighted by atomic mass is 16.5. The molecule has 2 rings (SSSR count). The molecule has 4 heteroatoms. The van der Waals surface area contributed by atoms with E-state index in [1.54, 1.807) is 0 Å². The Morgan fingerprint density at radius 2 is 2.11 bits per heavy atom. The van der Waals surface area contributed by atoms with Gasteiger partial charge in [0.25, 0.3) is 0 Å². The second-order valence-electron chi connectivity index (χ2n) is 4.16. The topological polar surface area (TPSA) is 60.2 Å². The summed E-state index contributed by atoms with van der Waals surface area (Å²) in [4.78, 5) is 4.51. The van der Waals surface area contributed by atoms with Gasteiger partial charge in [0.15, 0.2) is 0 Å². The molecule has 0 bridgehead atoms. The van der Waals surface area contributed by atoms with Crippen LogP contribution in [0.25, 0.3) is 10.9 Å². The normalized spacial score (nSPS) is 10.8. The third-order valence-corrected chi connectivity index (χ3v) is 2.67. The van der Waals surface area contributed by atoms with E-state index < -0.39 is 0 Å². The maximum Gasteiger partial charge on any atom is 0.0725 e. The van der Waals surface area contributed by atoms with Crippen molar-refractivity contribution < 1.29 is 4.74 Å².